The molecule has 5 nitrogen and oxygen atoms in total. The summed E-state index contributed by atoms with van der Waals surface area (Å²) in [4.78, 5) is 28.3. The summed E-state index contributed by atoms with van der Waals surface area (Å²) in [5.41, 5.74) is 1.03. The molecule has 3 amide bonds. The van der Waals surface area contributed by atoms with Gasteiger partial charge in [0.1, 0.15) is 5.82 Å². The number of carbonyl (C=O) groups is 2. The topological polar surface area (TPSA) is 52.7 Å². The van der Waals surface area contributed by atoms with Crippen LogP contribution in [-0.2, 0) is 11.2 Å². The summed E-state index contributed by atoms with van der Waals surface area (Å²) < 4.78 is 13.3. The Bertz CT molecular complexity index is 698. The van der Waals surface area contributed by atoms with Crippen LogP contribution in [0.4, 0.5) is 9.18 Å². The largest absolute Gasteiger partial charge is 0.339 e. The second-order valence-corrected chi connectivity index (χ2v) is 8.30. The Labute approximate surface area is 159 Å². The minimum Gasteiger partial charge on any atom is -0.339 e. The van der Waals surface area contributed by atoms with Gasteiger partial charge in [0.2, 0.25) is 5.91 Å². The van der Waals surface area contributed by atoms with Gasteiger partial charge in [0.15, 0.2) is 0 Å². The van der Waals surface area contributed by atoms with Crippen molar-refractivity contribution in [1.29, 1.82) is 0 Å². The van der Waals surface area contributed by atoms with Gasteiger partial charge in [0.25, 0.3) is 0 Å². The highest BCUT2D eigenvalue weighted by atomic mass is 19.1. The van der Waals surface area contributed by atoms with E-state index in [-0.39, 0.29) is 23.7 Å². The minimum atomic E-state index is -0.185. The molecule has 1 atom stereocenters. The fraction of sp³-hybridized carbons (Fsp3) is 0.619. The number of halogens is 1. The van der Waals surface area contributed by atoms with E-state index in [1.807, 2.05) is 15.9 Å². The zero-order chi connectivity index (χ0) is 18.8. The molecule has 1 N–H and O–H groups in total. The molecule has 0 aromatic heterocycles. The molecule has 0 bridgehead atoms. The van der Waals surface area contributed by atoms with E-state index in [1.54, 1.807) is 12.1 Å². The summed E-state index contributed by atoms with van der Waals surface area (Å²) in [5.74, 6) is 0.799. The van der Waals surface area contributed by atoms with Gasteiger partial charge in [-0.3, -0.25) is 4.79 Å². The number of piperidine rings is 1. The van der Waals surface area contributed by atoms with E-state index in [4.69, 9.17) is 0 Å². The molecule has 0 spiro atoms. The molecule has 1 aromatic rings. The van der Waals surface area contributed by atoms with Crippen LogP contribution in [0.5, 0.6) is 0 Å². The second-order valence-electron chi connectivity index (χ2n) is 8.30. The molecule has 4 rings (SSSR count). The van der Waals surface area contributed by atoms with E-state index in [0.717, 1.165) is 57.3 Å². The fourth-order valence-corrected chi connectivity index (χ4v) is 4.37. The van der Waals surface area contributed by atoms with Crippen LogP contribution in [0.1, 0.15) is 37.7 Å². The molecule has 1 saturated carbocycles. The summed E-state index contributed by atoms with van der Waals surface area (Å²) >= 11 is 0. The third kappa shape index (κ3) is 4.60. The van der Waals surface area contributed by atoms with Gasteiger partial charge in [-0.1, -0.05) is 12.1 Å². The molecule has 146 valence electrons. The van der Waals surface area contributed by atoms with E-state index in [2.05, 4.69) is 5.32 Å². The standard InChI is InChI=1S/C21H28FN3O2/c22-18-3-1-2-16(11-18)10-15-6-8-24(9-7-15)21(27)23-13-17-12-20(26)25(14-17)19-4-5-19/h1-3,11,15,17,19H,4-10,12-14H2,(H,23,27)/t17-/m1/s1. The first kappa shape index (κ1) is 18.3. The van der Waals surface area contributed by atoms with E-state index in [9.17, 15) is 14.0 Å². The molecule has 0 unspecified atom stereocenters. The number of carbonyl (C=O) groups excluding carboxylic acids is 2. The molecule has 6 heteroatoms. The molecule has 3 aliphatic rings. The maximum Gasteiger partial charge on any atom is 0.317 e. The summed E-state index contributed by atoms with van der Waals surface area (Å²) in [7, 11) is 0. The second kappa shape index (κ2) is 7.87. The van der Waals surface area contributed by atoms with Gasteiger partial charge in [-0.15, -0.1) is 0 Å². The third-order valence-corrected chi connectivity index (χ3v) is 6.08. The molecule has 2 saturated heterocycles. The predicted octanol–water partition coefficient (Wildman–Crippen LogP) is 2.80. The number of hydrogen-bond donors (Lipinski definition) is 1. The summed E-state index contributed by atoms with van der Waals surface area (Å²) in [6, 6.07) is 7.25. The molecular weight excluding hydrogens is 345 g/mol. The number of nitrogens with zero attached hydrogens (tertiary/aromatic N) is 2. The SMILES string of the molecule is O=C(NC[C@H]1CC(=O)N(C2CC2)C1)N1CCC(Cc2cccc(F)c2)CC1. The predicted molar refractivity (Wildman–Crippen MR) is 101 cm³/mol. The van der Waals surface area contributed by atoms with Crippen LogP contribution in [0, 0.1) is 17.7 Å². The van der Waals surface area contributed by atoms with Crippen molar-refractivity contribution >= 4 is 11.9 Å². The third-order valence-electron chi connectivity index (χ3n) is 6.08. The number of benzene rings is 1. The Morgan fingerprint density at radius 1 is 1.15 bits per heavy atom. The molecule has 1 aromatic carbocycles. The lowest BCUT2D eigenvalue weighted by molar-refractivity contribution is -0.128. The van der Waals surface area contributed by atoms with Crippen molar-refractivity contribution in [3.8, 4) is 0 Å². The Hall–Kier alpha value is -2.11. The number of hydrogen-bond acceptors (Lipinski definition) is 2. The van der Waals surface area contributed by atoms with E-state index < -0.39 is 0 Å². The lowest BCUT2D eigenvalue weighted by Gasteiger charge is -2.32. The van der Waals surface area contributed by atoms with Crippen molar-refractivity contribution in [2.45, 2.75) is 44.6 Å². The van der Waals surface area contributed by atoms with Crippen molar-refractivity contribution in [3.63, 3.8) is 0 Å². The van der Waals surface area contributed by atoms with E-state index >= 15 is 0 Å². The van der Waals surface area contributed by atoms with Gasteiger partial charge in [-0.05, 0) is 55.7 Å². The zero-order valence-electron chi connectivity index (χ0n) is 15.7. The number of nitrogens with one attached hydrogen (secondary N) is 1. The Kier molecular flexibility index (Phi) is 5.32. The Morgan fingerprint density at radius 3 is 2.63 bits per heavy atom. The average Bonchev–Trinajstić information content (AvgIpc) is 3.43. The van der Waals surface area contributed by atoms with Gasteiger partial charge in [-0.2, -0.15) is 0 Å². The molecule has 1 aliphatic carbocycles. The normalized spacial score (nSPS) is 23.7. The van der Waals surface area contributed by atoms with Crippen molar-refractivity contribution in [3.05, 3.63) is 35.6 Å². The first-order valence-corrected chi connectivity index (χ1v) is 10.1. The van der Waals surface area contributed by atoms with Crippen LogP contribution in [0.25, 0.3) is 0 Å². The lowest BCUT2D eigenvalue weighted by Crippen LogP contribution is -2.46. The van der Waals surface area contributed by atoms with Crippen LogP contribution in [0.3, 0.4) is 0 Å². The molecule has 3 fully saturated rings. The van der Waals surface area contributed by atoms with Gasteiger partial charge in [0, 0.05) is 44.6 Å². The summed E-state index contributed by atoms with van der Waals surface area (Å²) in [5, 5.41) is 3.03. The lowest BCUT2D eigenvalue weighted by atomic mass is 9.90. The number of amides is 3. The van der Waals surface area contributed by atoms with Crippen molar-refractivity contribution < 1.29 is 14.0 Å². The fourth-order valence-electron chi connectivity index (χ4n) is 4.37. The minimum absolute atomic E-state index is 0.0171. The summed E-state index contributed by atoms with van der Waals surface area (Å²) in [6.07, 6.45) is 5.59. The van der Waals surface area contributed by atoms with Crippen LogP contribution in [-0.4, -0.2) is 54.0 Å². The van der Waals surface area contributed by atoms with Crippen molar-refractivity contribution in [2.75, 3.05) is 26.2 Å². The quantitative estimate of drug-likeness (QED) is 0.863. The van der Waals surface area contributed by atoms with Crippen LogP contribution in [0.15, 0.2) is 24.3 Å². The summed E-state index contributed by atoms with van der Waals surface area (Å²) in [6.45, 7) is 2.85. The molecule has 0 radical (unpaired) electrons. The number of rotatable bonds is 5. The van der Waals surface area contributed by atoms with Crippen LogP contribution >= 0.6 is 0 Å². The Balaban J connectivity index is 1.18. The van der Waals surface area contributed by atoms with E-state index in [0.29, 0.717) is 24.9 Å². The van der Waals surface area contributed by atoms with Crippen LogP contribution < -0.4 is 5.32 Å². The molecular formula is C21H28FN3O2. The van der Waals surface area contributed by atoms with E-state index in [1.165, 1.54) is 6.07 Å². The van der Waals surface area contributed by atoms with Crippen molar-refractivity contribution in [2.24, 2.45) is 11.8 Å². The highest BCUT2D eigenvalue weighted by Gasteiger charge is 2.39. The molecule has 27 heavy (non-hydrogen) atoms. The molecule has 2 heterocycles. The van der Waals surface area contributed by atoms with Gasteiger partial charge in [-0.25, -0.2) is 9.18 Å². The smallest absolute Gasteiger partial charge is 0.317 e. The van der Waals surface area contributed by atoms with Gasteiger partial charge >= 0.3 is 6.03 Å². The monoisotopic (exact) mass is 373 g/mol. The first-order valence-electron chi connectivity index (χ1n) is 10.1. The van der Waals surface area contributed by atoms with Crippen LogP contribution in [0.2, 0.25) is 0 Å². The maximum atomic E-state index is 13.3. The van der Waals surface area contributed by atoms with Gasteiger partial charge < -0.3 is 15.1 Å². The Morgan fingerprint density at radius 2 is 1.93 bits per heavy atom. The average molecular weight is 373 g/mol. The first-order chi connectivity index (χ1) is 13.1. The van der Waals surface area contributed by atoms with Gasteiger partial charge in [0.05, 0.1) is 0 Å². The number of urea groups is 1. The van der Waals surface area contributed by atoms with Crippen molar-refractivity contribution in [1.82, 2.24) is 15.1 Å². The number of likely N-dealkylation sites (tertiary alicyclic amines) is 2. The highest BCUT2D eigenvalue weighted by molar-refractivity contribution is 5.79. The molecule has 2 aliphatic heterocycles. The highest BCUT2D eigenvalue weighted by Crippen LogP contribution is 2.32. The zero-order valence-corrected chi connectivity index (χ0v) is 15.7. The maximum absolute atomic E-state index is 13.3.